The highest BCUT2D eigenvalue weighted by Crippen LogP contribution is 2.37. The number of carbonyl (C=O) groups is 2. The molecule has 0 saturated carbocycles. The van der Waals surface area contributed by atoms with E-state index in [4.69, 9.17) is 21.1 Å². The van der Waals surface area contributed by atoms with E-state index >= 15 is 0 Å². The van der Waals surface area contributed by atoms with Crippen LogP contribution in [0.2, 0.25) is 5.02 Å². The Morgan fingerprint density at radius 3 is 2.10 bits per heavy atom. The van der Waals surface area contributed by atoms with Gasteiger partial charge in [-0.2, -0.15) is 13.2 Å². The van der Waals surface area contributed by atoms with Gasteiger partial charge in [0.05, 0.1) is 10.6 Å². The van der Waals surface area contributed by atoms with Gasteiger partial charge in [-0.25, -0.2) is 9.59 Å². The van der Waals surface area contributed by atoms with Crippen LogP contribution in [0.15, 0.2) is 36.4 Å². The molecule has 0 aliphatic rings. The molecule has 0 aromatic heterocycles. The molecule has 0 saturated heterocycles. The molecular weight excluding hydrogens is 417 g/mol. The first-order chi connectivity index (χ1) is 13.4. The quantitative estimate of drug-likeness (QED) is 0.613. The van der Waals surface area contributed by atoms with Gasteiger partial charge in [-0.15, -0.1) is 0 Å². The third-order valence-electron chi connectivity index (χ3n) is 3.77. The van der Waals surface area contributed by atoms with Crippen LogP contribution in [-0.2, 0) is 11.0 Å². The minimum absolute atomic E-state index is 0.0120. The van der Waals surface area contributed by atoms with Gasteiger partial charge in [0.15, 0.2) is 6.10 Å². The fraction of sp³-hybridized carbons (Fsp3) is 0.263. The monoisotopic (exact) mass is 432 g/mol. The summed E-state index contributed by atoms with van der Waals surface area (Å²) in [4.78, 5) is 22.8. The van der Waals surface area contributed by atoms with Crippen molar-refractivity contribution in [3.05, 3.63) is 52.5 Å². The summed E-state index contributed by atoms with van der Waals surface area (Å²) in [5, 5.41) is 18.0. The SMILES string of the molecule is CC(C)C(Oc1ccc(Oc2ccc(C(F)(F)F)c(Cl)c2)cc1C(=O)O)C(=O)O. The Kier molecular flexibility index (Phi) is 6.63. The predicted octanol–water partition coefficient (Wildman–Crippen LogP) is 5.34. The van der Waals surface area contributed by atoms with E-state index in [1.807, 2.05) is 0 Å². The van der Waals surface area contributed by atoms with Crippen LogP contribution in [-0.4, -0.2) is 28.3 Å². The van der Waals surface area contributed by atoms with Crippen LogP contribution in [0.4, 0.5) is 13.2 Å². The van der Waals surface area contributed by atoms with Crippen LogP contribution in [0.1, 0.15) is 29.8 Å². The number of benzene rings is 2. The number of alkyl halides is 3. The first kappa shape index (κ1) is 22.4. The molecule has 2 aromatic carbocycles. The second-order valence-electron chi connectivity index (χ2n) is 6.33. The molecule has 0 aliphatic carbocycles. The zero-order valence-corrected chi connectivity index (χ0v) is 15.9. The second kappa shape index (κ2) is 8.60. The van der Waals surface area contributed by atoms with E-state index in [2.05, 4.69) is 0 Å². The summed E-state index contributed by atoms with van der Waals surface area (Å²) in [5.74, 6) is -3.32. The van der Waals surface area contributed by atoms with Crippen molar-refractivity contribution < 1.29 is 42.4 Å². The highest BCUT2D eigenvalue weighted by Gasteiger charge is 2.33. The molecule has 0 heterocycles. The molecule has 0 aliphatic heterocycles. The average Bonchev–Trinajstić information content (AvgIpc) is 2.58. The van der Waals surface area contributed by atoms with Crippen LogP contribution in [0, 0.1) is 5.92 Å². The van der Waals surface area contributed by atoms with Crippen molar-refractivity contribution in [1.29, 1.82) is 0 Å². The van der Waals surface area contributed by atoms with Gasteiger partial charge < -0.3 is 19.7 Å². The maximum atomic E-state index is 12.8. The lowest BCUT2D eigenvalue weighted by atomic mass is 10.1. The second-order valence-corrected chi connectivity index (χ2v) is 6.73. The average molecular weight is 433 g/mol. The number of hydrogen-bond donors (Lipinski definition) is 2. The molecule has 2 rings (SSSR count). The third-order valence-corrected chi connectivity index (χ3v) is 4.08. The maximum Gasteiger partial charge on any atom is 0.417 e. The van der Waals surface area contributed by atoms with Gasteiger partial charge >= 0.3 is 18.1 Å². The molecule has 2 N–H and O–H groups in total. The van der Waals surface area contributed by atoms with Crippen molar-refractivity contribution >= 4 is 23.5 Å². The molecule has 156 valence electrons. The van der Waals surface area contributed by atoms with Crippen LogP contribution >= 0.6 is 11.6 Å². The van der Waals surface area contributed by atoms with Crippen molar-refractivity contribution in [2.75, 3.05) is 0 Å². The number of carboxylic acids is 2. The van der Waals surface area contributed by atoms with Crippen LogP contribution in [0.25, 0.3) is 0 Å². The standard InChI is InChI=1S/C19H16ClF3O6/c1-9(2)16(18(26)27)29-15-6-4-10(7-12(15)17(24)25)28-11-3-5-13(14(20)8-11)19(21,22)23/h3-9,16H,1-2H3,(H,24,25)(H,26,27). The van der Waals surface area contributed by atoms with Gasteiger partial charge in [0.25, 0.3) is 0 Å². The van der Waals surface area contributed by atoms with E-state index in [-0.39, 0.29) is 22.8 Å². The molecule has 2 aromatic rings. The normalized spacial score (nSPS) is 12.5. The van der Waals surface area contributed by atoms with Crippen molar-refractivity contribution in [1.82, 2.24) is 0 Å². The Morgan fingerprint density at radius 2 is 1.62 bits per heavy atom. The lowest BCUT2D eigenvalue weighted by Crippen LogP contribution is -2.32. The molecule has 1 unspecified atom stereocenters. The predicted molar refractivity (Wildman–Crippen MR) is 96.8 cm³/mol. The van der Waals surface area contributed by atoms with Crippen LogP contribution < -0.4 is 9.47 Å². The van der Waals surface area contributed by atoms with Gasteiger partial charge in [-0.3, -0.25) is 0 Å². The fourth-order valence-corrected chi connectivity index (χ4v) is 2.65. The topological polar surface area (TPSA) is 93.1 Å². The summed E-state index contributed by atoms with van der Waals surface area (Å²) >= 11 is 5.63. The Morgan fingerprint density at radius 1 is 1.03 bits per heavy atom. The van der Waals surface area contributed by atoms with Gasteiger partial charge in [0.1, 0.15) is 22.8 Å². The lowest BCUT2D eigenvalue weighted by Gasteiger charge is -2.20. The highest BCUT2D eigenvalue weighted by atomic mass is 35.5. The number of halogens is 4. The first-order valence-electron chi connectivity index (χ1n) is 8.21. The van der Waals surface area contributed by atoms with Crippen molar-refractivity contribution in [2.45, 2.75) is 26.1 Å². The molecule has 0 fully saturated rings. The van der Waals surface area contributed by atoms with Gasteiger partial charge in [0.2, 0.25) is 0 Å². The van der Waals surface area contributed by atoms with Crippen molar-refractivity contribution in [2.24, 2.45) is 5.92 Å². The summed E-state index contributed by atoms with van der Waals surface area (Å²) in [6, 6.07) is 6.32. The first-order valence-corrected chi connectivity index (χ1v) is 8.59. The number of aromatic carboxylic acids is 1. The molecule has 0 bridgehead atoms. The number of carboxylic acid groups (broad SMARTS) is 2. The summed E-state index contributed by atoms with van der Waals surface area (Å²) in [6.07, 6.45) is -5.89. The number of ether oxygens (including phenoxy) is 2. The Bertz CT molecular complexity index is 927. The summed E-state index contributed by atoms with van der Waals surface area (Å²) in [5.41, 5.74) is -1.40. The van der Waals surface area contributed by atoms with Crippen LogP contribution in [0.3, 0.4) is 0 Å². The number of rotatable bonds is 7. The van der Waals surface area contributed by atoms with E-state index in [9.17, 15) is 33.0 Å². The summed E-state index contributed by atoms with van der Waals surface area (Å²) in [7, 11) is 0. The molecular formula is C19H16ClF3O6. The smallest absolute Gasteiger partial charge is 0.417 e. The van der Waals surface area contributed by atoms with Gasteiger partial charge in [-0.05, 0) is 30.3 Å². The minimum atomic E-state index is -4.62. The van der Waals surface area contributed by atoms with Gasteiger partial charge in [-0.1, -0.05) is 25.4 Å². The molecule has 29 heavy (non-hydrogen) atoms. The Balaban J connectivity index is 2.32. The van der Waals surface area contributed by atoms with Crippen molar-refractivity contribution in [3.63, 3.8) is 0 Å². The number of hydrogen-bond acceptors (Lipinski definition) is 4. The maximum absolute atomic E-state index is 12.8. The largest absolute Gasteiger partial charge is 0.478 e. The highest BCUT2D eigenvalue weighted by molar-refractivity contribution is 6.31. The van der Waals surface area contributed by atoms with Gasteiger partial charge in [0, 0.05) is 12.0 Å². The van der Waals surface area contributed by atoms with E-state index in [0.717, 1.165) is 24.3 Å². The third kappa shape index (κ3) is 5.54. The molecule has 0 amide bonds. The summed E-state index contributed by atoms with van der Waals surface area (Å²) in [6.45, 7) is 3.20. The minimum Gasteiger partial charge on any atom is -0.478 e. The van der Waals surface area contributed by atoms with Crippen molar-refractivity contribution in [3.8, 4) is 17.2 Å². The lowest BCUT2D eigenvalue weighted by molar-refractivity contribution is -0.147. The molecule has 0 radical (unpaired) electrons. The van der Waals surface area contributed by atoms with E-state index in [1.54, 1.807) is 13.8 Å². The van der Waals surface area contributed by atoms with E-state index < -0.39 is 40.7 Å². The fourth-order valence-electron chi connectivity index (χ4n) is 2.38. The number of aliphatic carboxylic acids is 1. The molecule has 6 nitrogen and oxygen atoms in total. The molecule has 1 atom stereocenters. The Hall–Kier alpha value is -2.94. The van der Waals surface area contributed by atoms with E-state index in [0.29, 0.717) is 0 Å². The zero-order valence-electron chi connectivity index (χ0n) is 15.2. The van der Waals surface area contributed by atoms with E-state index in [1.165, 1.54) is 12.1 Å². The zero-order chi connectivity index (χ0) is 21.9. The summed E-state index contributed by atoms with van der Waals surface area (Å²) < 4.78 is 49.0. The Labute approximate surface area is 168 Å². The van der Waals surface area contributed by atoms with Crippen LogP contribution in [0.5, 0.6) is 17.2 Å². The molecule has 0 spiro atoms. The molecule has 10 heteroatoms.